The first-order valence-corrected chi connectivity index (χ1v) is 13.4. The van der Waals surface area contributed by atoms with Gasteiger partial charge in [-0.25, -0.2) is 8.78 Å². The molecule has 0 radical (unpaired) electrons. The van der Waals surface area contributed by atoms with Gasteiger partial charge in [0.05, 0.1) is 12.7 Å². The SMILES string of the molecule is C=CCCc1ccc(OCCC(F)C2CCC(C3CCC(CCCCC)CO3)CC2)cc1F. The minimum atomic E-state index is -0.849. The van der Waals surface area contributed by atoms with E-state index >= 15 is 0 Å². The molecule has 2 aliphatic rings. The largest absolute Gasteiger partial charge is 0.493 e. The Morgan fingerprint density at radius 3 is 2.64 bits per heavy atom. The number of alkyl halides is 1. The highest BCUT2D eigenvalue weighted by Crippen LogP contribution is 2.38. The summed E-state index contributed by atoms with van der Waals surface area (Å²) in [4.78, 5) is 0. The molecule has 1 aliphatic heterocycles. The van der Waals surface area contributed by atoms with Crippen LogP contribution in [0.25, 0.3) is 0 Å². The smallest absolute Gasteiger partial charge is 0.130 e. The Morgan fingerprint density at radius 2 is 1.97 bits per heavy atom. The second-order valence-electron chi connectivity index (χ2n) is 10.2. The Hall–Kier alpha value is -1.42. The Bertz CT molecular complexity index is 691. The van der Waals surface area contributed by atoms with Crippen molar-refractivity contribution in [1.82, 2.24) is 0 Å². The average Bonchev–Trinajstić information content (AvgIpc) is 2.84. The van der Waals surface area contributed by atoms with Gasteiger partial charge in [-0.2, -0.15) is 0 Å². The van der Waals surface area contributed by atoms with Gasteiger partial charge >= 0.3 is 0 Å². The van der Waals surface area contributed by atoms with E-state index in [2.05, 4.69) is 13.5 Å². The molecule has 1 aromatic rings. The van der Waals surface area contributed by atoms with Crippen molar-refractivity contribution in [1.29, 1.82) is 0 Å². The van der Waals surface area contributed by atoms with Crippen molar-refractivity contribution in [3.05, 3.63) is 42.2 Å². The molecule has 1 aromatic carbocycles. The van der Waals surface area contributed by atoms with Gasteiger partial charge in [-0.15, -0.1) is 6.58 Å². The van der Waals surface area contributed by atoms with E-state index in [1.165, 1.54) is 44.6 Å². The van der Waals surface area contributed by atoms with Crippen molar-refractivity contribution >= 4 is 0 Å². The summed E-state index contributed by atoms with van der Waals surface area (Å²) in [6, 6.07) is 4.94. The maximum Gasteiger partial charge on any atom is 0.130 e. The molecule has 0 N–H and O–H groups in total. The van der Waals surface area contributed by atoms with Gasteiger partial charge < -0.3 is 9.47 Å². The Labute approximate surface area is 200 Å². The molecule has 0 spiro atoms. The molecule has 0 aromatic heterocycles. The molecule has 3 unspecified atom stereocenters. The summed E-state index contributed by atoms with van der Waals surface area (Å²) in [7, 11) is 0. The number of hydrogen-bond acceptors (Lipinski definition) is 2. The predicted molar refractivity (Wildman–Crippen MR) is 132 cm³/mol. The van der Waals surface area contributed by atoms with Gasteiger partial charge in [-0.1, -0.05) is 38.3 Å². The number of aryl methyl sites for hydroxylation is 1. The molecule has 33 heavy (non-hydrogen) atoms. The van der Waals surface area contributed by atoms with E-state index in [1.54, 1.807) is 18.2 Å². The standard InChI is InChI=1S/C29H44F2O2/c1-3-5-7-8-22-10-17-29(33-21-22)25-13-11-24(12-14-25)27(30)18-19-32-26-16-15-23(9-6-4-2)28(31)20-26/h4,15-16,20,22,24-25,27,29H,2-3,5-14,17-19,21H2,1H3. The molecule has 1 saturated carbocycles. The van der Waals surface area contributed by atoms with Gasteiger partial charge in [0, 0.05) is 19.1 Å². The van der Waals surface area contributed by atoms with Crippen molar-refractivity contribution in [2.24, 2.45) is 17.8 Å². The first-order valence-electron chi connectivity index (χ1n) is 13.4. The Balaban J connectivity index is 1.32. The van der Waals surface area contributed by atoms with E-state index in [9.17, 15) is 8.78 Å². The van der Waals surface area contributed by atoms with Crippen LogP contribution in [0, 0.1) is 23.6 Å². The van der Waals surface area contributed by atoms with Gasteiger partial charge in [-0.05, 0) is 87.2 Å². The first kappa shape index (κ1) is 26.2. The van der Waals surface area contributed by atoms with Crippen molar-refractivity contribution in [2.75, 3.05) is 13.2 Å². The summed E-state index contributed by atoms with van der Waals surface area (Å²) in [6.07, 6.45) is 14.8. The zero-order chi connectivity index (χ0) is 23.5. The molecule has 1 aliphatic carbocycles. The van der Waals surface area contributed by atoms with Crippen LogP contribution < -0.4 is 4.74 Å². The zero-order valence-corrected chi connectivity index (χ0v) is 20.6. The minimum absolute atomic E-state index is 0.119. The number of benzene rings is 1. The summed E-state index contributed by atoms with van der Waals surface area (Å²) in [5.41, 5.74) is 0.663. The van der Waals surface area contributed by atoms with E-state index in [1.807, 2.05) is 0 Å². The van der Waals surface area contributed by atoms with Crippen LogP contribution in [0.1, 0.15) is 89.5 Å². The lowest BCUT2D eigenvalue weighted by atomic mass is 9.75. The van der Waals surface area contributed by atoms with E-state index in [-0.39, 0.29) is 18.3 Å². The quantitative estimate of drug-likeness (QED) is 0.217. The van der Waals surface area contributed by atoms with Crippen LogP contribution >= 0.6 is 0 Å². The second kappa shape index (κ2) is 14.1. The summed E-state index contributed by atoms with van der Waals surface area (Å²) in [5, 5.41) is 0. The molecular weight excluding hydrogens is 418 g/mol. The average molecular weight is 463 g/mol. The molecule has 2 nitrogen and oxygen atoms in total. The van der Waals surface area contributed by atoms with Gasteiger partial charge in [0.1, 0.15) is 17.7 Å². The lowest BCUT2D eigenvalue weighted by Gasteiger charge is -2.38. The lowest BCUT2D eigenvalue weighted by Crippen LogP contribution is -2.35. The van der Waals surface area contributed by atoms with E-state index < -0.39 is 6.17 Å². The maximum atomic E-state index is 14.8. The van der Waals surface area contributed by atoms with Crippen molar-refractivity contribution in [3.63, 3.8) is 0 Å². The molecule has 0 bridgehead atoms. The number of unbranched alkanes of at least 4 members (excludes halogenated alkanes) is 2. The highest BCUT2D eigenvalue weighted by molar-refractivity contribution is 5.29. The fourth-order valence-corrected chi connectivity index (χ4v) is 5.59. The van der Waals surface area contributed by atoms with Crippen molar-refractivity contribution in [3.8, 4) is 5.75 Å². The monoisotopic (exact) mass is 462 g/mol. The van der Waals surface area contributed by atoms with Gasteiger partial charge in [-0.3, -0.25) is 0 Å². The molecule has 3 atom stereocenters. The molecule has 2 fully saturated rings. The minimum Gasteiger partial charge on any atom is -0.493 e. The van der Waals surface area contributed by atoms with Gasteiger partial charge in [0.2, 0.25) is 0 Å². The summed E-state index contributed by atoms with van der Waals surface area (Å²) in [6.45, 7) is 7.14. The highest BCUT2D eigenvalue weighted by atomic mass is 19.1. The summed E-state index contributed by atoms with van der Waals surface area (Å²) in [5.74, 6) is 1.68. The van der Waals surface area contributed by atoms with Crippen LogP contribution in [0.4, 0.5) is 8.78 Å². The maximum absolute atomic E-state index is 14.8. The molecule has 4 heteroatoms. The predicted octanol–water partition coefficient (Wildman–Crippen LogP) is 8.23. The normalized spacial score (nSPS) is 26.6. The van der Waals surface area contributed by atoms with Crippen molar-refractivity contribution < 1.29 is 18.3 Å². The fourth-order valence-electron chi connectivity index (χ4n) is 5.59. The highest BCUT2D eigenvalue weighted by Gasteiger charge is 2.34. The van der Waals surface area contributed by atoms with E-state index in [0.717, 1.165) is 44.6 Å². The number of halogens is 2. The second-order valence-corrected chi connectivity index (χ2v) is 10.2. The fraction of sp³-hybridized carbons (Fsp3) is 0.724. The number of hydrogen-bond donors (Lipinski definition) is 0. The number of rotatable bonds is 13. The third-order valence-corrected chi connectivity index (χ3v) is 7.78. The molecule has 186 valence electrons. The number of allylic oxidation sites excluding steroid dienone is 1. The van der Waals surface area contributed by atoms with Gasteiger partial charge in [0.15, 0.2) is 0 Å². The van der Waals surface area contributed by atoms with Crippen LogP contribution in [0.5, 0.6) is 5.75 Å². The molecule has 1 heterocycles. The van der Waals surface area contributed by atoms with Crippen LogP contribution in [0.2, 0.25) is 0 Å². The summed E-state index contributed by atoms with van der Waals surface area (Å²) < 4.78 is 40.9. The van der Waals surface area contributed by atoms with Crippen LogP contribution in [-0.4, -0.2) is 25.5 Å². The molecule has 0 amide bonds. The Morgan fingerprint density at radius 1 is 1.15 bits per heavy atom. The topological polar surface area (TPSA) is 18.5 Å². The van der Waals surface area contributed by atoms with Crippen LogP contribution in [0.15, 0.2) is 30.9 Å². The first-order chi connectivity index (χ1) is 16.1. The van der Waals surface area contributed by atoms with Gasteiger partial charge in [0.25, 0.3) is 0 Å². The molecular formula is C29H44F2O2. The third kappa shape index (κ3) is 8.38. The lowest BCUT2D eigenvalue weighted by molar-refractivity contribution is -0.0622. The third-order valence-electron chi connectivity index (χ3n) is 7.78. The van der Waals surface area contributed by atoms with Crippen LogP contribution in [-0.2, 0) is 11.2 Å². The Kier molecular flexibility index (Phi) is 11.2. The van der Waals surface area contributed by atoms with E-state index in [0.29, 0.717) is 36.2 Å². The number of ether oxygens (including phenoxy) is 2. The van der Waals surface area contributed by atoms with Crippen LogP contribution in [0.3, 0.4) is 0 Å². The van der Waals surface area contributed by atoms with E-state index in [4.69, 9.17) is 9.47 Å². The van der Waals surface area contributed by atoms with Crippen molar-refractivity contribution in [2.45, 2.75) is 103 Å². The summed E-state index contributed by atoms with van der Waals surface area (Å²) >= 11 is 0. The molecule has 3 rings (SSSR count). The zero-order valence-electron chi connectivity index (χ0n) is 20.6. The molecule has 1 saturated heterocycles.